The molecule has 1 heterocycles. The second-order valence-corrected chi connectivity index (χ2v) is 5.54. The zero-order valence-corrected chi connectivity index (χ0v) is 10.3. The molecule has 0 radical (unpaired) electrons. The molecule has 1 aromatic rings. The summed E-state index contributed by atoms with van der Waals surface area (Å²) in [5.74, 6) is 4.95. The fourth-order valence-corrected chi connectivity index (χ4v) is 3.61. The Morgan fingerprint density at radius 1 is 1.35 bits per heavy atom. The van der Waals surface area contributed by atoms with Crippen molar-refractivity contribution in [2.45, 2.75) is 30.6 Å². The van der Waals surface area contributed by atoms with E-state index in [9.17, 15) is 8.78 Å². The van der Waals surface area contributed by atoms with Crippen LogP contribution in [0.15, 0.2) is 18.2 Å². The van der Waals surface area contributed by atoms with Crippen LogP contribution in [0, 0.1) is 11.6 Å². The van der Waals surface area contributed by atoms with Gasteiger partial charge in [0.2, 0.25) is 0 Å². The summed E-state index contributed by atoms with van der Waals surface area (Å²) < 4.78 is 26.9. The zero-order chi connectivity index (χ0) is 12.3. The molecule has 0 aromatic heterocycles. The van der Waals surface area contributed by atoms with Crippen molar-refractivity contribution >= 4 is 11.8 Å². The highest BCUT2D eigenvalue weighted by Gasteiger charge is 2.27. The van der Waals surface area contributed by atoms with Crippen LogP contribution in [0.4, 0.5) is 8.78 Å². The van der Waals surface area contributed by atoms with Crippen molar-refractivity contribution in [1.29, 1.82) is 0 Å². The lowest BCUT2D eigenvalue weighted by Gasteiger charge is -2.29. The van der Waals surface area contributed by atoms with Crippen LogP contribution < -0.4 is 11.3 Å². The highest BCUT2D eigenvalue weighted by molar-refractivity contribution is 8.00. The van der Waals surface area contributed by atoms with E-state index in [-0.39, 0.29) is 11.3 Å². The van der Waals surface area contributed by atoms with Crippen molar-refractivity contribution in [3.05, 3.63) is 35.4 Å². The molecule has 17 heavy (non-hydrogen) atoms. The molecule has 0 saturated carbocycles. The maximum Gasteiger partial charge on any atom is 0.163 e. The van der Waals surface area contributed by atoms with Gasteiger partial charge in [-0.2, -0.15) is 11.8 Å². The molecule has 94 valence electrons. The molecule has 1 aliphatic rings. The number of hydrazine groups is 1. The van der Waals surface area contributed by atoms with Crippen molar-refractivity contribution in [2.75, 3.05) is 5.75 Å². The van der Waals surface area contributed by atoms with Gasteiger partial charge < -0.3 is 0 Å². The Morgan fingerprint density at radius 2 is 2.18 bits per heavy atom. The molecule has 2 unspecified atom stereocenters. The first-order valence-corrected chi connectivity index (χ1v) is 6.80. The third-order valence-corrected chi connectivity index (χ3v) is 4.54. The van der Waals surface area contributed by atoms with E-state index >= 15 is 0 Å². The summed E-state index contributed by atoms with van der Waals surface area (Å²) in [6.45, 7) is 0. The minimum absolute atomic E-state index is 0.213. The lowest BCUT2D eigenvalue weighted by atomic mass is 9.99. The Kier molecular flexibility index (Phi) is 4.36. The predicted octanol–water partition coefficient (Wildman–Crippen LogP) is 2.75. The van der Waals surface area contributed by atoms with Gasteiger partial charge in [0.1, 0.15) is 0 Å². The third kappa shape index (κ3) is 2.78. The largest absolute Gasteiger partial charge is 0.271 e. The van der Waals surface area contributed by atoms with Gasteiger partial charge in [0.05, 0.1) is 6.04 Å². The van der Waals surface area contributed by atoms with E-state index in [1.54, 1.807) is 17.8 Å². The molecule has 2 nitrogen and oxygen atoms in total. The van der Waals surface area contributed by atoms with E-state index in [1.165, 1.54) is 12.5 Å². The summed E-state index contributed by atoms with van der Waals surface area (Å²) in [5, 5.41) is 0.213. The summed E-state index contributed by atoms with van der Waals surface area (Å²) in [6, 6.07) is 3.92. The van der Waals surface area contributed by atoms with E-state index in [4.69, 9.17) is 5.84 Å². The molecular formula is C12H16F2N2S. The molecule has 3 N–H and O–H groups in total. The van der Waals surface area contributed by atoms with Crippen molar-refractivity contribution in [3.8, 4) is 0 Å². The monoisotopic (exact) mass is 258 g/mol. The zero-order valence-electron chi connectivity index (χ0n) is 9.46. The smallest absolute Gasteiger partial charge is 0.163 e. The molecule has 0 aliphatic carbocycles. The van der Waals surface area contributed by atoms with E-state index in [0.717, 1.165) is 24.7 Å². The molecule has 2 atom stereocenters. The van der Waals surface area contributed by atoms with Gasteiger partial charge in [-0.15, -0.1) is 0 Å². The first kappa shape index (κ1) is 12.8. The first-order valence-electron chi connectivity index (χ1n) is 5.75. The van der Waals surface area contributed by atoms with Crippen molar-refractivity contribution in [1.82, 2.24) is 5.43 Å². The predicted molar refractivity (Wildman–Crippen MR) is 66.5 cm³/mol. The molecule has 1 aliphatic heterocycles. The van der Waals surface area contributed by atoms with Gasteiger partial charge in [-0.3, -0.25) is 11.3 Å². The third-order valence-electron chi connectivity index (χ3n) is 3.08. The Labute approximate surface area is 104 Å². The molecule has 2 rings (SSSR count). The van der Waals surface area contributed by atoms with Crippen LogP contribution in [0.25, 0.3) is 0 Å². The van der Waals surface area contributed by atoms with Gasteiger partial charge >= 0.3 is 0 Å². The SMILES string of the molecule is NNC(c1cccc(F)c1F)C1CCCCS1. The standard InChI is InChI=1S/C12H16F2N2S/c13-9-5-3-4-8(11(9)14)12(16-15)10-6-1-2-7-17-10/h3-5,10,12,16H,1-2,6-7,15H2. The van der Waals surface area contributed by atoms with Crippen LogP contribution in [-0.4, -0.2) is 11.0 Å². The molecule has 1 aromatic carbocycles. The molecule has 1 saturated heterocycles. The number of benzene rings is 1. The summed E-state index contributed by atoms with van der Waals surface area (Å²) in [6.07, 6.45) is 3.28. The summed E-state index contributed by atoms with van der Waals surface area (Å²) in [7, 11) is 0. The number of hydrogen-bond donors (Lipinski definition) is 2. The summed E-state index contributed by atoms with van der Waals surface area (Å²) in [4.78, 5) is 0. The van der Waals surface area contributed by atoms with Crippen LogP contribution in [0.1, 0.15) is 30.9 Å². The Hall–Kier alpha value is -0.650. The van der Waals surface area contributed by atoms with Crippen molar-refractivity contribution in [2.24, 2.45) is 5.84 Å². The molecule has 0 bridgehead atoms. The quantitative estimate of drug-likeness (QED) is 0.646. The average molecular weight is 258 g/mol. The normalized spacial score (nSPS) is 22.4. The van der Waals surface area contributed by atoms with Gasteiger partial charge in [-0.25, -0.2) is 8.78 Å². The number of rotatable bonds is 3. The Morgan fingerprint density at radius 3 is 2.82 bits per heavy atom. The van der Waals surface area contributed by atoms with Gasteiger partial charge in [-0.1, -0.05) is 18.6 Å². The second kappa shape index (κ2) is 5.80. The van der Waals surface area contributed by atoms with Crippen molar-refractivity contribution < 1.29 is 8.78 Å². The lowest BCUT2D eigenvalue weighted by Crippen LogP contribution is -2.37. The van der Waals surface area contributed by atoms with Gasteiger partial charge in [0, 0.05) is 10.8 Å². The number of thioether (sulfide) groups is 1. The van der Waals surface area contributed by atoms with Gasteiger partial charge in [0.15, 0.2) is 11.6 Å². The maximum absolute atomic E-state index is 13.7. The molecule has 1 fully saturated rings. The highest BCUT2D eigenvalue weighted by Crippen LogP contribution is 2.35. The van der Waals surface area contributed by atoms with Crippen LogP contribution in [0.5, 0.6) is 0 Å². The second-order valence-electron chi connectivity index (χ2n) is 4.19. The number of hydrogen-bond acceptors (Lipinski definition) is 3. The minimum Gasteiger partial charge on any atom is -0.271 e. The first-order chi connectivity index (χ1) is 8.24. The molecule has 0 spiro atoms. The lowest BCUT2D eigenvalue weighted by molar-refractivity contribution is 0.444. The van der Waals surface area contributed by atoms with Gasteiger partial charge in [0.25, 0.3) is 0 Å². The topological polar surface area (TPSA) is 38.0 Å². The van der Waals surface area contributed by atoms with Crippen LogP contribution in [-0.2, 0) is 0 Å². The number of nitrogens with two attached hydrogens (primary N) is 1. The van der Waals surface area contributed by atoms with E-state index in [0.29, 0.717) is 5.56 Å². The fraction of sp³-hybridized carbons (Fsp3) is 0.500. The summed E-state index contributed by atoms with van der Waals surface area (Å²) >= 11 is 1.77. The van der Waals surface area contributed by atoms with Crippen LogP contribution in [0.2, 0.25) is 0 Å². The summed E-state index contributed by atoms with van der Waals surface area (Å²) in [5.41, 5.74) is 2.95. The number of nitrogens with one attached hydrogen (secondary N) is 1. The maximum atomic E-state index is 13.7. The van der Waals surface area contributed by atoms with E-state index in [1.807, 2.05) is 0 Å². The number of halogens is 2. The van der Waals surface area contributed by atoms with Crippen LogP contribution >= 0.6 is 11.8 Å². The van der Waals surface area contributed by atoms with Gasteiger partial charge in [-0.05, 0) is 24.7 Å². The Bertz CT molecular complexity index is 381. The molecular weight excluding hydrogens is 242 g/mol. The fourth-order valence-electron chi connectivity index (χ4n) is 2.19. The molecule has 5 heteroatoms. The minimum atomic E-state index is -0.816. The van der Waals surface area contributed by atoms with E-state index < -0.39 is 11.6 Å². The van der Waals surface area contributed by atoms with Crippen LogP contribution in [0.3, 0.4) is 0 Å². The Balaban J connectivity index is 2.24. The van der Waals surface area contributed by atoms with Crippen molar-refractivity contribution in [3.63, 3.8) is 0 Å². The molecule has 0 amide bonds. The highest BCUT2D eigenvalue weighted by atomic mass is 32.2. The average Bonchev–Trinajstić information content (AvgIpc) is 2.37. The van der Waals surface area contributed by atoms with E-state index in [2.05, 4.69) is 5.43 Å².